The maximum Gasteiger partial charge on any atom is 0.328 e. The fourth-order valence-corrected chi connectivity index (χ4v) is 3.52. The van der Waals surface area contributed by atoms with Crippen LogP contribution in [0.4, 0.5) is 0 Å². The predicted octanol–water partition coefficient (Wildman–Crippen LogP) is 1.64. The second-order valence-corrected chi connectivity index (χ2v) is 6.78. The largest absolute Gasteiger partial charge is 0.328 e. The first-order valence-corrected chi connectivity index (χ1v) is 8.75. The minimum Gasteiger partial charge on any atom is -0.307 e. The summed E-state index contributed by atoms with van der Waals surface area (Å²) in [5.74, 6) is 0.678. The summed E-state index contributed by atoms with van der Waals surface area (Å²) in [6, 6.07) is 16.4. The van der Waals surface area contributed by atoms with E-state index in [1.807, 2.05) is 30.3 Å². The molecule has 0 radical (unpaired) electrons. The molecular weight excluding hydrogens is 312 g/mol. The number of hydrogen-bond donors (Lipinski definition) is 1. The van der Waals surface area contributed by atoms with E-state index in [9.17, 15) is 13.8 Å². The van der Waals surface area contributed by atoms with Gasteiger partial charge in [-0.2, -0.15) is 0 Å². The number of H-pyrrole nitrogens is 1. The van der Waals surface area contributed by atoms with E-state index in [0.29, 0.717) is 16.7 Å². The van der Waals surface area contributed by atoms with Crippen molar-refractivity contribution in [2.45, 2.75) is 12.3 Å². The molecule has 1 atom stereocenters. The molecule has 0 unspecified atom stereocenters. The first-order chi connectivity index (χ1) is 11.1. The van der Waals surface area contributed by atoms with Crippen molar-refractivity contribution >= 4 is 21.7 Å². The number of nitrogens with zero attached hydrogens (tertiary/aromatic N) is 1. The standard InChI is InChI=1S/C17H16N2O3S/c20-16-14-8-4-5-9-15(14)18-17(21)19(16)10-11-23(22)12-13-6-2-1-3-7-13/h1-9H,10-12H2,(H,18,21)/t23-/m1/s1. The van der Waals surface area contributed by atoms with Crippen LogP contribution >= 0.6 is 0 Å². The summed E-state index contributed by atoms with van der Waals surface area (Å²) in [4.78, 5) is 27.1. The van der Waals surface area contributed by atoms with Crippen LogP contribution in [-0.2, 0) is 23.1 Å². The molecular formula is C17H16N2O3S. The molecule has 0 aliphatic carbocycles. The van der Waals surface area contributed by atoms with Crippen LogP contribution in [-0.4, -0.2) is 19.5 Å². The third-order valence-corrected chi connectivity index (χ3v) is 4.90. The molecule has 118 valence electrons. The minimum atomic E-state index is -1.13. The van der Waals surface area contributed by atoms with Crippen LogP contribution in [0.3, 0.4) is 0 Å². The van der Waals surface area contributed by atoms with Crippen molar-refractivity contribution < 1.29 is 4.21 Å². The summed E-state index contributed by atoms with van der Waals surface area (Å²) >= 11 is 0. The minimum absolute atomic E-state index is 0.137. The van der Waals surface area contributed by atoms with Crippen LogP contribution in [0.25, 0.3) is 10.9 Å². The highest BCUT2D eigenvalue weighted by Crippen LogP contribution is 2.04. The van der Waals surface area contributed by atoms with Crippen molar-refractivity contribution in [1.82, 2.24) is 9.55 Å². The van der Waals surface area contributed by atoms with Crippen LogP contribution < -0.4 is 11.2 Å². The quantitative estimate of drug-likeness (QED) is 0.774. The number of aromatic amines is 1. The van der Waals surface area contributed by atoms with E-state index in [0.717, 1.165) is 10.1 Å². The van der Waals surface area contributed by atoms with Gasteiger partial charge in [0.05, 0.1) is 10.9 Å². The van der Waals surface area contributed by atoms with E-state index in [4.69, 9.17) is 0 Å². The molecule has 0 amide bonds. The van der Waals surface area contributed by atoms with Gasteiger partial charge in [-0.05, 0) is 17.7 Å². The molecule has 3 aromatic rings. The highest BCUT2D eigenvalue weighted by Gasteiger charge is 2.09. The van der Waals surface area contributed by atoms with E-state index in [1.165, 1.54) is 0 Å². The fraction of sp³-hybridized carbons (Fsp3) is 0.176. The summed E-state index contributed by atoms with van der Waals surface area (Å²) in [6.07, 6.45) is 0. The summed E-state index contributed by atoms with van der Waals surface area (Å²) in [6.45, 7) is 0.137. The summed E-state index contributed by atoms with van der Waals surface area (Å²) in [5.41, 5.74) is 0.682. The average Bonchev–Trinajstić information content (AvgIpc) is 2.55. The van der Waals surface area contributed by atoms with Gasteiger partial charge in [0, 0.05) is 28.9 Å². The Hall–Kier alpha value is -2.47. The van der Waals surface area contributed by atoms with E-state index < -0.39 is 16.5 Å². The number of nitrogens with one attached hydrogen (secondary N) is 1. The molecule has 6 heteroatoms. The highest BCUT2D eigenvalue weighted by atomic mass is 32.2. The summed E-state index contributed by atoms with van der Waals surface area (Å²) < 4.78 is 13.3. The van der Waals surface area contributed by atoms with Gasteiger partial charge < -0.3 is 4.98 Å². The molecule has 2 aromatic carbocycles. The molecule has 0 aliphatic rings. The lowest BCUT2D eigenvalue weighted by atomic mass is 10.2. The van der Waals surface area contributed by atoms with Gasteiger partial charge in [0.25, 0.3) is 5.56 Å². The number of rotatable bonds is 5. The zero-order valence-electron chi connectivity index (χ0n) is 12.4. The van der Waals surface area contributed by atoms with E-state index in [2.05, 4.69) is 4.98 Å². The van der Waals surface area contributed by atoms with Crippen LogP contribution in [0.15, 0.2) is 64.2 Å². The Morgan fingerprint density at radius 2 is 1.65 bits per heavy atom. The molecule has 1 heterocycles. The van der Waals surface area contributed by atoms with Crippen molar-refractivity contribution in [3.8, 4) is 0 Å². The summed E-state index contributed by atoms with van der Waals surface area (Å²) in [5, 5.41) is 0.459. The molecule has 1 aromatic heterocycles. The second kappa shape index (κ2) is 6.75. The maximum absolute atomic E-state index is 12.4. The normalized spacial score (nSPS) is 12.3. The lowest BCUT2D eigenvalue weighted by Gasteiger charge is -2.06. The molecule has 0 spiro atoms. The Labute approximate surface area is 135 Å². The van der Waals surface area contributed by atoms with Crippen molar-refractivity contribution in [2.24, 2.45) is 0 Å². The van der Waals surface area contributed by atoms with Gasteiger partial charge in [-0.1, -0.05) is 42.5 Å². The number of fused-ring (bicyclic) bond motifs is 1. The smallest absolute Gasteiger partial charge is 0.307 e. The lowest BCUT2D eigenvalue weighted by molar-refractivity contribution is 0.657. The van der Waals surface area contributed by atoms with Crippen LogP contribution in [0.5, 0.6) is 0 Å². The monoisotopic (exact) mass is 328 g/mol. The Morgan fingerprint density at radius 3 is 2.43 bits per heavy atom. The molecule has 3 rings (SSSR count). The van der Waals surface area contributed by atoms with E-state index >= 15 is 0 Å². The lowest BCUT2D eigenvalue weighted by Crippen LogP contribution is -2.36. The van der Waals surface area contributed by atoms with Gasteiger partial charge in [-0.25, -0.2) is 4.79 Å². The van der Waals surface area contributed by atoms with Crippen molar-refractivity contribution in [1.29, 1.82) is 0 Å². The van der Waals surface area contributed by atoms with Crippen molar-refractivity contribution in [2.75, 3.05) is 5.75 Å². The van der Waals surface area contributed by atoms with Crippen LogP contribution in [0.1, 0.15) is 5.56 Å². The Morgan fingerprint density at radius 1 is 0.957 bits per heavy atom. The van der Waals surface area contributed by atoms with E-state index in [1.54, 1.807) is 24.3 Å². The SMILES string of the molecule is O=c1[nH]c2ccccc2c(=O)n1CC[S@@](=O)Cc1ccccc1. The first kappa shape index (κ1) is 15.4. The second-order valence-electron chi connectivity index (χ2n) is 5.21. The average molecular weight is 328 g/mol. The van der Waals surface area contributed by atoms with Gasteiger partial charge in [0.15, 0.2) is 0 Å². The van der Waals surface area contributed by atoms with Gasteiger partial charge in [0.2, 0.25) is 0 Å². The molecule has 5 nitrogen and oxygen atoms in total. The van der Waals surface area contributed by atoms with E-state index in [-0.39, 0.29) is 17.9 Å². The van der Waals surface area contributed by atoms with Gasteiger partial charge >= 0.3 is 5.69 Å². The van der Waals surface area contributed by atoms with Gasteiger partial charge in [-0.3, -0.25) is 13.6 Å². The molecule has 0 aliphatic heterocycles. The molecule has 1 N–H and O–H groups in total. The number of para-hydroxylation sites is 1. The molecule has 0 saturated heterocycles. The zero-order chi connectivity index (χ0) is 16.2. The third-order valence-electron chi connectivity index (χ3n) is 3.60. The Kier molecular flexibility index (Phi) is 4.52. The fourth-order valence-electron chi connectivity index (χ4n) is 2.43. The van der Waals surface area contributed by atoms with Crippen LogP contribution in [0, 0.1) is 0 Å². The van der Waals surface area contributed by atoms with Crippen LogP contribution in [0.2, 0.25) is 0 Å². The van der Waals surface area contributed by atoms with Gasteiger partial charge in [0.1, 0.15) is 0 Å². The van der Waals surface area contributed by atoms with Crippen molar-refractivity contribution in [3.05, 3.63) is 81.0 Å². The zero-order valence-corrected chi connectivity index (χ0v) is 13.2. The third kappa shape index (κ3) is 3.48. The van der Waals surface area contributed by atoms with Gasteiger partial charge in [-0.15, -0.1) is 0 Å². The summed E-state index contributed by atoms with van der Waals surface area (Å²) in [7, 11) is -1.13. The van der Waals surface area contributed by atoms with Crippen molar-refractivity contribution in [3.63, 3.8) is 0 Å². The first-order valence-electron chi connectivity index (χ1n) is 7.26. The Balaban J connectivity index is 1.78. The number of benzene rings is 2. The molecule has 23 heavy (non-hydrogen) atoms. The topological polar surface area (TPSA) is 71.9 Å². The molecule has 0 saturated carbocycles. The molecule has 0 bridgehead atoms. The molecule has 0 fully saturated rings. The maximum atomic E-state index is 12.4. The number of aromatic nitrogens is 2. The highest BCUT2D eigenvalue weighted by molar-refractivity contribution is 7.84. The Bertz CT molecular complexity index is 961. The predicted molar refractivity (Wildman–Crippen MR) is 92.0 cm³/mol. The number of hydrogen-bond acceptors (Lipinski definition) is 3.